The molecule has 3 N–H and O–H groups in total. The fourth-order valence-corrected chi connectivity index (χ4v) is 4.21. The zero-order chi connectivity index (χ0) is 23.5. The smallest absolute Gasteiger partial charge is 0.320 e. The van der Waals surface area contributed by atoms with Gasteiger partial charge in [0.2, 0.25) is 11.7 Å². The lowest BCUT2D eigenvalue weighted by molar-refractivity contribution is -0.491. The molecule has 4 rings (SSSR count). The number of hydrogen-bond donors (Lipinski definition) is 2. The fraction of sp³-hybridized carbons (Fsp3) is 0.364. The first kappa shape index (κ1) is 23.2. The van der Waals surface area contributed by atoms with Gasteiger partial charge in [-0.25, -0.2) is 23.9 Å². The summed E-state index contributed by atoms with van der Waals surface area (Å²) >= 11 is 5.79. The molecule has 11 heteroatoms. The van der Waals surface area contributed by atoms with Gasteiger partial charge in [0.1, 0.15) is 18.6 Å². The van der Waals surface area contributed by atoms with Gasteiger partial charge in [-0.2, -0.15) is 0 Å². The summed E-state index contributed by atoms with van der Waals surface area (Å²) in [7, 11) is 0. The van der Waals surface area contributed by atoms with E-state index in [1.165, 1.54) is 28.5 Å². The summed E-state index contributed by atoms with van der Waals surface area (Å²) < 4.78 is 33.9. The van der Waals surface area contributed by atoms with Crippen LogP contribution in [0.1, 0.15) is 12.8 Å². The second-order valence-electron chi connectivity index (χ2n) is 7.98. The first-order valence-corrected chi connectivity index (χ1v) is 10.8. The highest BCUT2D eigenvalue weighted by Gasteiger charge is 2.45. The highest BCUT2D eigenvalue weighted by atomic mass is 35.5. The highest BCUT2D eigenvalue weighted by Crippen LogP contribution is 2.35. The number of aromatic nitrogens is 1. The summed E-state index contributed by atoms with van der Waals surface area (Å²) in [4.78, 5) is 42.9. The molecule has 2 aliphatic rings. The van der Waals surface area contributed by atoms with E-state index in [4.69, 9.17) is 16.3 Å². The third-order valence-corrected chi connectivity index (χ3v) is 5.98. The molecular weight excluding hydrogens is 458 g/mol. The van der Waals surface area contributed by atoms with Crippen LogP contribution in [0.2, 0.25) is 5.02 Å². The maximum Gasteiger partial charge on any atom is 0.320 e. The topological polar surface area (TPSA) is 105 Å². The van der Waals surface area contributed by atoms with E-state index in [0.717, 1.165) is 6.07 Å². The Balaban J connectivity index is 1.44. The number of ether oxygens (including phenoxy) is 1. The summed E-state index contributed by atoms with van der Waals surface area (Å²) in [5.74, 6) is -3.57. The molecule has 1 aliphatic carbocycles. The Morgan fingerprint density at radius 3 is 2.70 bits per heavy atom. The van der Waals surface area contributed by atoms with Gasteiger partial charge in [0.25, 0.3) is 5.91 Å². The highest BCUT2D eigenvalue weighted by molar-refractivity contribution is 6.30. The minimum Gasteiger partial charge on any atom is -0.370 e. The number of hydrogen-bond acceptors (Lipinski definition) is 5. The number of primary amides is 1. The number of nitrogens with one attached hydrogen (secondary N) is 1. The number of quaternary nitrogens is 1. The molecule has 1 aromatic carbocycles. The van der Waals surface area contributed by atoms with E-state index in [-0.39, 0.29) is 31.0 Å². The Kier molecular flexibility index (Phi) is 6.96. The van der Waals surface area contributed by atoms with Gasteiger partial charge in [0.05, 0.1) is 35.3 Å². The van der Waals surface area contributed by atoms with Crippen molar-refractivity contribution in [2.24, 2.45) is 11.8 Å². The van der Waals surface area contributed by atoms with E-state index in [1.807, 2.05) is 0 Å². The zero-order valence-corrected chi connectivity index (χ0v) is 18.2. The van der Waals surface area contributed by atoms with Crippen molar-refractivity contribution in [3.05, 3.63) is 47.4 Å². The van der Waals surface area contributed by atoms with Crippen molar-refractivity contribution in [3.63, 3.8) is 0 Å². The first-order valence-electron chi connectivity index (χ1n) is 10.4. The Bertz CT molecular complexity index is 1070. The molecule has 0 spiro atoms. The Morgan fingerprint density at radius 1 is 1.21 bits per heavy atom. The summed E-state index contributed by atoms with van der Waals surface area (Å²) in [6, 6.07) is 7.12. The van der Waals surface area contributed by atoms with Crippen molar-refractivity contribution in [3.8, 4) is 0 Å². The van der Waals surface area contributed by atoms with Crippen LogP contribution in [-0.2, 0) is 19.1 Å². The molecule has 2 fully saturated rings. The Hall–Kier alpha value is -2.95. The molecule has 0 bridgehead atoms. The predicted molar refractivity (Wildman–Crippen MR) is 115 cm³/mol. The largest absolute Gasteiger partial charge is 0.370 e. The van der Waals surface area contributed by atoms with Gasteiger partial charge in [-0.05, 0) is 37.1 Å². The monoisotopic (exact) mass is 479 g/mol. The molecule has 8 nitrogen and oxygen atoms in total. The van der Waals surface area contributed by atoms with Crippen LogP contribution in [0.3, 0.4) is 0 Å². The minimum absolute atomic E-state index is 0.0792. The lowest BCUT2D eigenvalue weighted by Gasteiger charge is -2.27. The summed E-state index contributed by atoms with van der Waals surface area (Å²) in [6.45, 7) is 0.562. The molecule has 174 valence electrons. The van der Waals surface area contributed by atoms with Gasteiger partial charge < -0.3 is 15.0 Å². The maximum atomic E-state index is 14.7. The van der Waals surface area contributed by atoms with Crippen LogP contribution in [-0.4, -0.2) is 48.6 Å². The van der Waals surface area contributed by atoms with Crippen molar-refractivity contribution in [1.29, 1.82) is 0 Å². The van der Waals surface area contributed by atoms with Gasteiger partial charge in [0.15, 0.2) is 0 Å². The van der Waals surface area contributed by atoms with Crippen molar-refractivity contribution in [2.75, 3.05) is 30.0 Å². The average Bonchev–Trinajstić information content (AvgIpc) is 3.19. The minimum atomic E-state index is -1.32. The molecule has 1 aromatic heterocycles. The molecular formula is C22H22ClF2N4O4+. The molecule has 3 atom stereocenters. The van der Waals surface area contributed by atoms with Crippen LogP contribution in [0.25, 0.3) is 0 Å². The number of anilines is 2. The number of benzene rings is 1. The van der Waals surface area contributed by atoms with E-state index < -0.39 is 35.6 Å². The van der Waals surface area contributed by atoms with Crippen LogP contribution in [0, 0.1) is 17.7 Å². The summed E-state index contributed by atoms with van der Waals surface area (Å²) in [5.41, 5.74) is 0.239. The fourth-order valence-electron chi connectivity index (χ4n) is 4.10. The number of carbonyl (C=O) groups is 3. The number of amides is 3. The van der Waals surface area contributed by atoms with Gasteiger partial charge in [-0.3, -0.25) is 9.59 Å². The molecule has 2 aromatic rings. The standard InChI is InChI=1S/C22H21ClF2N4O4/c23-12-1-4-19(26-10-12)28-22(32)16-8-13(24)7-15(16)21(31)27-18-3-2-14(9-17(18)25)29-5-6-33-11-20(29)30/h1-4,9-10,13,15-16H,5-8,11H2,(H,27,31)(H,26,28,32)/p+1/t13-,15+,16+/m1/s1. The van der Waals surface area contributed by atoms with Crippen molar-refractivity contribution in [2.45, 2.75) is 19.0 Å². The van der Waals surface area contributed by atoms with E-state index >= 15 is 0 Å². The summed E-state index contributed by atoms with van der Waals surface area (Å²) in [6.07, 6.45) is -0.164. The third kappa shape index (κ3) is 5.35. The number of rotatable bonds is 5. The Labute approximate surface area is 193 Å². The lowest BCUT2D eigenvalue weighted by Crippen LogP contribution is -2.84. The first-order chi connectivity index (χ1) is 15.8. The van der Waals surface area contributed by atoms with Gasteiger partial charge in [0, 0.05) is 18.3 Å². The molecule has 1 saturated carbocycles. The maximum absolute atomic E-state index is 14.7. The van der Waals surface area contributed by atoms with E-state index in [2.05, 4.69) is 10.3 Å². The molecule has 3 amide bonds. The third-order valence-electron chi connectivity index (χ3n) is 5.76. The number of nitrogens with zero attached hydrogens (tertiary/aromatic N) is 2. The SMILES string of the molecule is O=C(Nc1ccc(N2CCOCC2=O)cc1F)[C@H]1C[C@@H](F)C[C@@H]1C(=O)[NH2+]c1ccc(Cl)cn1. The number of morpholine rings is 1. The van der Waals surface area contributed by atoms with E-state index in [1.54, 1.807) is 12.1 Å². The number of halogens is 3. The van der Waals surface area contributed by atoms with Crippen molar-refractivity contribution in [1.82, 2.24) is 4.98 Å². The van der Waals surface area contributed by atoms with E-state index in [0.29, 0.717) is 29.7 Å². The van der Waals surface area contributed by atoms with Crippen molar-refractivity contribution < 1.29 is 33.2 Å². The lowest BCUT2D eigenvalue weighted by atomic mass is 9.94. The van der Waals surface area contributed by atoms with Crippen LogP contribution >= 0.6 is 11.6 Å². The van der Waals surface area contributed by atoms with Crippen molar-refractivity contribution >= 4 is 46.5 Å². The predicted octanol–water partition coefficient (Wildman–Crippen LogP) is 1.96. The zero-order valence-electron chi connectivity index (χ0n) is 17.5. The van der Waals surface area contributed by atoms with Crippen LogP contribution in [0.5, 0.6) is 0 Å². The van der Waals surface area contributed by atoms with Crippen LogP contribution in [0.15, 0.2) is 36.5 Å². The molecule has 0 radical (unpaired) electrons. The number of nitrogens with two attached hydrogens (primary N) is 1. The molecule has 33 heavy (non-hydrogen) atoms. The second-order valence-corrected chi connectivity index (χ2v) is 8.42. The van der Waals surface area contributed by atoms with E-state index in [9.17, 15) is 23.2 Å². The molecule has 1 saturated heterocycles. The summed E-state index contributed by atoms with van der Waals surface area (Å²) in [5, 5.41) is 4.13. The van der Waals surface area contributed by atoms with Crippen LogP contribution in [0.4, 0.5) is 26.0 Å². The molecule has 2 heterocycles. The van der Waals surface area contributed by atoms with Crippen LogP contribution < -0.4 is 15.5 Å². The van der Waals surface area contributed by atoms with Gasteiger partial charge >= 0.3 is 5.91 Å². The average molecular weight is 480 g/mol. The van der Waals surface area contributed by atoms with Gasteiger partial charge in [-0.15, -0.1) is 0 Å². The number of carbonyl (C=O) groups excluding carboxylic acids is 3. The molecule has 1 aliphatic heterocycles. The normalized spacial score (nSPS) is 22.9. The number of alkyl halides is 1. The Morgan fingerprint density at radius 2 is 2.00 bits per heavy atom. The number of pyridine rings is 1. The van der Waals surface area contributed by atoms with Gasteiger partial charge in [-0.1, -0.05) is 11.6 Å². The molecule has 0 unspecified atom stereocenters. The quantitative estimate of drug-likeness (QED) is 0.682. The second kappa shape index (κ2) is 9.90.